The Balaban J connectivity index is 2.10. The molecule has 1 heterocycles. The summed E-state index contributed by atoms with van der Waals surface area (Å²) in [5, 5.41) is 3.44. The van der Waals surface area contributed by atoms with Gasteiger partial charge in [0.15, 0.2) is 6.61 Å². The smallest absolute Gasteiger partial charge is 0.422 e. The molecule has 0 amide bonds. The second-order valence-corrected chi connectivity index (χ2v) is 8.34. The van der Waals surface area contributed by atoms with Crippen molar-refractivity contribution in [2.24, 2.45) is 0 Å². The van der Waals surface area contributed by atoms with Crippen LogP contribution < -0.4 is 19.5 Å². The van der Waals surface area contributed by atoms with Crippen LogP contribution in [0, 0.1) is 6.92 Å². The number of nitrogens with zero attached hydrogens (tertiary/aromatic N) is 2. The first-order chi connectivity index (χ1) is 14.5. The van der Waals surface area contributed by atoms with E-state index in [2.05, 4.69) is 20.0 Å². The van der Waals surface area contributed by atoms with Crippen LogP contribution in [-0.4, -0.2) is 45.3 Å². The highest BCUT2D eigenvalue weighted by molar-refractivity contribution is 7.89. The van der Waals surface area contributed by atoms with Crippen molar-refractivity contribution in [3.8, 4) is 11.5 Å². The molecule has 1 aromatic heterocycles. The van der Waals surface area contributed by atoms with Crippen LogP contribution in [0.2, 0.25) is 0 Å². The highest BCUT2D eigenvalue weighted by Crippen LogP contribution is 2.34. The zero-order valence-electron chi connectivity index (χ0n) is 16.7. The average Bonchev–Trinajstić information content (AvgIpc) is 2.72. The number of anilines is 2. The maximum Gasteiger partial charge on any atom is 0.422 e. The van der Waals surface area contributed by atoms with E-state index in [0.29, 0.717) is 16.7 Å². The molecule has 12 heteroatoms. The molecular formula is C19H19F3N4O4S. The molecule has 8 nitrogen and oxygen atoms in total. The summed E-state index contributed by atoms with van der Waals surface area (Å²) in [6.07, 6.45) is -3.30. The van der Waals surface area contributed by atoms with Gasteiger partial charge in [-0.15, -0.1) is 0 Å². The number of ether oxygens (including phenoxy) is 2. The van der Waals surface area contributed by atoms with Gasteiger partial charge in [-0.1, -0.05) is 0 Å². The Bertz CT molecular complexity index is 1220. The largest absolute Gasteiger partial charge is 0.496 e. The molecule has 0 radical (unpaired) electrons. The monoisotopic (exact) mass is 456 g/mol. The van der Waals surface area contributed by atoms with Gasteiger partial charge < -0.3 is 14.8 Å². The third-order valence-corrected chi connectivity index (χ3v) is 5.74. The number of hydrogen-bond donors (Lipinski definition) is 2. The summed E-state index contributed by atoms with van der Waals surface area (Å²) in [6, 6.07) is 6.91. The predicted molar refractivity (Wildman–Crippen MR) is 108 cm³/mol. The van der Waals surface area contributed by atoms with Crippen molar-refractivity contribution in [3.05, 3.63) is 42.2 Å². The lowest BCUT2D eigenvalue weighted by Gasteiger charge is -2.16. The molecule has 3 aromatic rings. The molecule has 0 fully saturated rings. The van der Waals surface area contributed by atoms with Gasteiger partial charge in [0.25, 0.3) is 0 Å². The van der Waals surface area contributed by atoms with Crippen molar-refractivity contribution in [3.63, 3.8) is 0 Å². The molecule has 0 aliphatic heterocycles. The van der Waals surface area contributed by atoms with Crippen molar-refractivity contribution in [2.75, 3.05) is 26.1 Å². The standard InChI is InChI=1S/C19H19F3N4O4S/c1-11-6-13-14(8-17(11)29-3)24-10-25-18(13)26-15-7-12(31(27,28)23-2)4-5-16(15)30-9-19(20,21)22/h4-8,10,23H,9H2,1-3H3,(H,24,25,26). The molecule has 0 saturated carbocycles. The summed E-state index contributed by atoms with van der Waals surface area (Å²) >= 11 is 0. The molecule has 2 N–H and O–H groups in total. The van der Waals surface area contributed by atoms with Crippen LogP contribution in [0.15, 0.2) is 41.6 Å². The number of fused-ring (bicyclic) bond motifs is 1. The topological polar surface area (TPSA) is 102 Å². The molecule has 3 rings (SSSR count). The average molecular weight is 456 g/mol. The van der Waals surface area contributed by atoms with Gasteiger partial charge >= 0.3 is 6.18 Å². The van der Waals surface area contributed by atoms with Crippen molar-refractivity contribution < 1.29 is 31.1 Å². The molecule has 0 bridgehead atoms. The first-order valence-electron chi connectivity index (χ1n) is 8.87. The van der Waals surface area contributed by atoms with Gasteiger partial charge in [0, 0.05) is 11.5 Å². The van der Waals surface area contributed by atoms with E-state index in [-0.39, 0.29) is 22.2 Å². The first kappa shape index (κ1) is 22.6. The highest BCUT2D eigenvalue weighted by atomic mass is 32.2. The number of halogens is 3. The van der Waals surface area contributed by atoms with Crippen LogP contribution in [0.1, 0.15) is 5.56 Å². The van der Waals surface area contributed by atoms with Gasteiger partial charge in [-0.05, 0) is 43.8 Å². The lowest BCUT2D eigenvalue weighted by molar-refractivity contribution is -0.153. The maximum absolute atomic E-state index is 12.7. The summed E-state index contributed by atoms with van der Waals surface area (Å²) in [6.45, 7) is 0.271. The van der Waals surface area contributed by atoms with Crippen LogP contribution in [0.4, 0.5) is 24.7 Å². The number of nitrogens with one attached hydrogen (secondary N) is 2. The van der Waals surface area contributed by atoms with E-state index in [9.17, 15) is 21.6 Å². The van der Waals surface area contributed by atoms with Crippen LogP contribution >= 0.6 is 0 Å². The van der Waals surface area contributed by atoms with Crippen molar-refractivity contribution in [1.29, 1.82) is 0 Å². The summed E-state index contributed by atoms with van der Waals surface area (Å²) in [5.74, 6) is 0.671. The summed E-state index contributed by atoms with van der Waals surface area (Å²) in [5.41, 5.74) is 1.30. The quantitative estimate of drug-likeness (QED) is 0.561. The number of alkyl halides is 3. The minimum Gasteiger partial charge on any atom is -0.496 e. The van der Waals surface area contributed by atoms with E-state index in [1.54, 1.807) is 12.1 Å². The fourth-order valence-corrected chi connectivity index (χ4v) is 3.57. The summed E-state index contributed by atoms with van der Waals surface area (Å²) in [4.78, 5) is 8.17. The van der Waals surface area contributed by atoms with E-state index in [1.807, 2.05) is 6.92 Å². The molecule has 0 aliphatic rings. The Morgan fingerprint density at radius 2 is 1.84 bits per heavy atom. The lowest BCUT2D eigenvalue weighted by atomic mass is 10.1. The van der Waals surface area contributed by atoms with Gasteiger partial charge in [0.05, 0.1) is 23.2 Å². The third-order valence-electron chi connectivity index (χ3n) is 4.33. The Morgan fingerprint density at radius 1 is 1.10 bits per heavy atom. The van der Waals surface area contributed by atoms with Crippen LogP contribution in [-0.2, 0) is 10.0 Å². The third kappa shape index (κ3) is 5.14. The number of sulfonamides is 1. The number of aryl methyl sites for hydroxylation is 1. The van der Waals surface area contributed by atoms with Gasteiger partial charge in [0.2, 0.25) is 10.0 Å². The zero-order valence-corrected chi connectivity index (χ0v) is 17.6. The van der Waals surface area contributed by atoms with E-state index >= 15 is 0 Å². The molecule has 0 atom stereocenters. The molecule has 0 saturated heterocycles. The van der Waals surface area contributed by atoms with Crippen molar-refractivity contribution >= 4 is 32.4 Å². The molecule has 0 unspecified atom stereocenters. The predicted octanol–water partition coefficient (Wildman–Crippen LogP) is 3.54. The first-order valence-corrected chi connectivity index (χ1v) is 10.4. The van der Waals surface area contributed by atoms with Crippen LogP contribution in [0.25, 0.3) is 10.9 Å². The van der Waals surface area contributed by atoms with Crippen molar-refractivity contribution in [2.45, 2.75) is 18.0 Å². The Morgan fingerprint density at radius 3 is 2.48 bits per heavy atom. The number of hydrogen-bond acceptors (Lipinski definition) is 7. The Hall–Kier alpha value is -3.12. The normalized spacial score (nSPS) is 12.1. The molecule has 2 aromatic carbocycles. The Labute approximate surface area is 176 Å². The Kier molecular flexibility index (Phi) is 6.23. The van der Waals surface area contributed by atoms with E-state index in [4.69, 9.17) is 9.47 Å². The number of benzene rings is 2. The number of aromatic nitrogens is 2. The van der Waals surface area contributed by atoms with Gasteiger partial charge in [-0.25, -0.2) is 23.1 Å². The highest BCUT2D eigenvalue weighted by Gasteiger charge is 2.29. The molecule has 31 heavy (non-hydrogen) atoms. The molecule has 0 aliphatic carbocycles. The van der Waals surface area contributed by atoms with E-state index < -0.39 is 22.8 Å². The zero-order chi connectivity index (χ0) is 22.8. The number of methoxy groups -OCH3 is 1. The second kappa shape index (κ2) is 8.55. The molecule has 166 valence electrons. The van der Waals surface area contributed by atoms with Gasteiger partial charge in [-0.3, -0.25) is 0 Å². The minimum absolute atomic E-state index is 0.00551. The minimum atomic E-state index is -4.57. The summed E-state index contributed by atoms with van der Waals surface area (Å²) < 4.78 is 74.6. The summed E-state index contributed by atoms with van der Waals surface area (Å²) in [7, 11) is -1.10. The van der Waals surface area contributed by atoms with E-state index in [0.717, 1.165) is 17.7 Å². The van der Waals surface area contributed by atoms with Crippen LogP contribution in [0.5, 0.6) is 11.5 Å². The van der Waals surface area contributed by atoms with Gasteiger partial charge in [-0.2, -0.15) is 13.2 Å². The maximum atomic E-state index is 12.7. The fourth-order valence-electron chi connectivity index (χ4n) is 2.82. The lowest BCUT2D eigenvalue weighted by Crippen LogP contribution is -2.20. The van der Waals surface area contributed by atoms with Gasteiger partial charge in [0.1, 0.15) is 23.6 Å². The number of rotatable bonds is 7. The van der Waals surface area contributed by atoms with E-state index in [1.165, 1.54) is 26.6 Å². The van der Waals surface area contributed by atoms with Crippen molar-refractivity contribution in [1.82, 2.24) is 14.7 Å². The molecular weight excluding hydrogens is 437 g/mol. The fraction of sp³-hybridized carbons (Fsp3) is 0.263. The molecule has 0 spiro atoms. The van der Waals surface area contributed by atoms with Crippen LogP contribution in [0.3, 0.4) is 0 Å². The second-order valence-electron chi connectivity index (χ2n) is 6.46. The SMILES string of the molecule is CNS(=O)(=O)c1ccc(OCC(F)(F)F)c(Nc2ncnc3cc(OC)c(C)cc23)c1.